The van der Waals surface area contributed by atoms with Crippen molar-refractivity contribution in [1.82, 2.24) is 19.7 Å². The lowest BCUT2D eigenvalue weighted by molar-refractivity contribution is -0.120. The van der Waals surface area contributed by atoms with Gasteiger partial charge in [-0.15, -0.1) is 0 Å². The minimum Gasteiger partial charge on any atom is -0.324 e. The van der Waals surface area contributed by atoms with E-state index in [1.165, 1.54) is 11.2 Å². The molecule has 1 aromatic heterocycles. The average molecular weight is 430 g/mol. The lowest BCUT2D eigenvalue weighted by atomic mass is 9.98. The Balaban J connectivity index is 1.40. The zero-order valence-electron chi connectivity index (χ0n) is 17.6. The first-order valence-corrected chi connectivity index (χ1v) is 10.4. The molecule has 0 aliphatic carbocycles. The number of rotatable bonds is 5. The molecule has 9 nitrogen and oxygen atoms in total. The fourth-order valence-corrected chi connectivity index (χ4v) is 4.54. The fourth-order valence-electron chi connectivity index (χ4n) is 4.54. The monoisotopic (exact) mass is 430 g/mol. The molecule has 0 spiro atoms. The number of hydrogen-bond donors (Lipinski definition) is 1. The van der Waals surface area contributed by atoms with Crippen molar-refractivity contribution < 1.29 is 14.4 Å². The molecule has 3 amide bonds. The number of carbonyl (C=O) groups excluding carboxylic acids is 3. The Morgan fingerprint density at radius 1 is 1.12 bits per heavy atom. The Kier molecular flexibility index (Phi) is 4.73. The molecule has 1 N–H and O–H groups in total. The second-order valence-corrected chi connectivity index (χ2v) is 8.15. The van der Waals surface area contributed by atoms with Crippen molar-refractivity contribution in [1.29, 1.82) is 0 Å². The molecule has 162 valence electrons. The number of aromatic nitrogens is 3. The molecule has 1 atom stereocenters. The van der Waals surface area contributed by atoms with E-state index in [0.717, 1.165) is 5.56 Å². The van der Waals surface area contributed by atoms with Gasteiger partial charge in [0.25, 0.3) is 5.91 Å². The Hall–Kier alpha value is -4.01. The second-order valence-electron chi connectivity index (χ2n) is 8.15. The highest BCUT2D eigenvalue weighted by Gasteiger charge is 2.53. The number of carbonyl (C=O) groups is 3. The summed E-state index contributed by atoms with van der Waals surface area (Å²) in [6.45, 7) is 2.13. The van der Waals surface area contributed by atoms with Gasteiger partial charge >= 0.3 is 0 Å². The largest absolute Gasteiger partial charge is 0.324 e. The molecular formula is C23H22N6O3. The van der Waals surface area contributed by atoms with E-state index >= 15 is 0 Å². The lowest BCUT2D eigenvalue weighted by Gasteiger charge is -2.48. The molecule has 1 saturated heterocycles. The van der Waals surface area contributed by atoms with Gasteiger partial charge in [0.05, 0.1) is 17.8 Å². The van der Waals surface area contributed by atoms with Gasteiger partial charge in [-0.2, -0.15) is 5.10 Å². The third-order valence-electron chi connectivity index (χ3n) is 6.14. The van der Waals surface area contributed by atoms with Gasteiger partial charge in [0, 0.05) is 12.1 Å². The fraction of sp³-hybridized carbons (Fsp3) is 0.261. The number of hydrogen-bond acceptors (Lipinski definition) is 5. The molecule has 2 aromatic carbocycles. The summed E-state index contributed by atoms with van der Waals surface area (Å²) in [5, 5.41) is 7.04. The van der Waals surface area contributed by atoms with E-state index in [1.54, 1.807) is 34.1 Å². The summed E-state index contributed by atoms with van der Waals surface area (Å²) in [5.41, 5.74) is 1.67. The number of para-hydroxylation sites is 2. The molecule has 32 heavy (non-hydrogen) atoms. The van der Waals surface area contributed by atoms with Crippen LogP contribution in [-0.4, -0.2) is 49.6 Å². The molecule has 2 aliphatic heterocycles. The summed E-state index contributed by atoms with van der Waals surface area (Å²) in [7, 11) is 0. The third kappa shape index (κ3) is 3.22. The molecule has 3 heterocycles. The van der Waals surface area contributed by atoms with Crippen molar-refractivity contribution in [2.45, 2.75) is 32.0 Å². The van der Waals surface area contributed by atoms with Gasteiger partial charge in [-0.25, -0.2) is 9.67 Å². The highest BCUT2D eigenvalue weighted by Crippen LogP contribution is 2.43. The summed E-state index contributed by atoms with van der Waals surface area (Å²) < 4.78 is 1.67. The van der Waals surface area contributed by atoms with E-state index in [4.69, 9.17) is 0 Å². The maximum atomic E-state index is 13.3. The molecule has 3 aromatic rings. The number of benzene rings is 2. The Bertz CT molecular complexity index is 1210. The van der Waals surface area contributed by atoms with Crippen molar-refractivity contribution in [2.75, 3.05) is 16.8 Å². The average Bonchev–Trinajstić information content (AvgIpc) is 3.41. The van der Waals surface area contributed by atoms with Crippen LogP contribution in [0.1, 0.15) is 35.7 Å². The van der Waals surface area contributed by atoms with Crippen LogP contribution in [-0.2, 0) is 16.1 Å². The maximum Gasteiger partial charge on any atom is 0.258 e. The van der Waals surface area contributed by atoms with Crippen molar-refractivity contribution in [3.63, 3.8) is 0 Å². The van der Waals surface area contributed by atoms with Crippen molar-refractivity contribution in [3.8, 4) is 0 Å². The van der Waals surface area contributed by atoms with Gasteiger partial charge in [0.1, 0.15) is 24.9 Å². The van der Waals surface area contributed by atoms with Crippen LogP contribution in [0.5, 0.6) is 0 Å². The predicted octanol–water partition coefficient (Wildman–Crippen LogP) is 2.26. The highest BCUT2D eigenvalue weighted by atomic mass is 16.2. The van der Waals surface area contributed by atoms with Gasteiger partial charge in [-0.3, -0.25) is 19.3 Å². The quantitative estimate of drug-likeness (QED) is 0.669. The van der Waals surface area contributed by atoms with Crippen LogP contribution in [0.25, 0.3) is 0 Å². The van der Waals surface area contributed by atoms with Crippen molar-refractivity contribution >= 4 is 29.1 Å². The van der Waals surface area contributed by atoms with E-state index in [-0.39, 0.29) is 24.3 Å². The predicted molar refractivity (Wildman–Crippen MR) is 117 cm³/mol. The summed E-state index contributed by atoms with van der Waals surface area (Å²) in [4.78, 5) is 46.2. The molecule has 9 heteroatoms. The third-order valence-corrected chi connectivity index (χ3v) is 6.14. The number of anilines is 2. The van der Waals surface area contributed by atoms with Crippen LogP contribution in [0.4, 0.5) is 11.4 Å². The minimum atomic E-state index is -0.875. The lowest BCUT2D eigenvalue weighted by Crippen LogP contribution is -2.63. The molecule has 2 aliphatic rings. The first kappa shape index (κ1) is 19.9. The smallest absolute Gasteiger partial charge is 0.258 e. The van der Waals surface area contributed by atoms with Crippen LogP contribution < -0.4 is 10.2 Å². The summed E-state index contributed by atoms with van der Waals surface area (Å²) in [6, 6.07) is 14.5. The molecule has 0 saturated carbocycles. The van der Waals surface area contributed by atoms with Gasteiger partial charge < -0.3 is 10.2 Å². The standard InChI is InChI=1S/C23H22N6O3/c1-23-11-10-21(31)29(23)19-9-5-3-7-17(19)22(32)28(23)13-20(30)26-18-8-4-2-6-16(18)12-27-15-24-14-25-27/h2-9,14-15H,10-13H2,1H3,(H,26,30). The zero-order valence-corrected chi connectivity index (χ0v) is 17.6. The molecule has 1 unspecified atom stereocenters. The van der Waals surface area contributed by atoms with E-state index in [1.807, 2.05) is 37.3 Å². The Labute approximate surface area is 184 Å². The number of nitrogens with zero attached hydrogens (tertiary/aromatic N) is 5. The van der Waals surface area contributed by atoms with Crippen molar-refractivity contribution in [3.05, 3.63) is 72.3 Å². The topological polar surface area (TPSA) is 100 Å². The molecule has 1 fully saturated rings. The molecule has 0 bridgehead atoms. The highest BCUT2D eigenvalue weighted by molar-refractivity contribution is 6.11. The van der Waals surface area contributed by atoms with Crippen LogP contribution >= 0.6 is 0 Å². The molecule has 0 radical (unpaired) electrons. The van der Waals surface area contributed by atoms with E-state index in [0.29, 0.717) is 36.3 Å². The normalized spacial score (nSPS) is 19.7. The van der Waals surface area contributed by atoms with Gasteiger partial charge in [-0.1, -0.05) is 30.3 Å². The van der Waals surface area contributed by atoms with Gasteiger partial charge in [0.15, 0.2) is 0 Å². The molecule has 5 rings (SSSR count). The molecular weight excluding hydrogens is 408 g/mol. The Morgan fingerprint density at radius 2 is 1.91 bits per heavy atom. The summed E-state index contributed by atoms with van der Waals surface area (Å²) in [5.74, 6) is -0.625. The first-order chi connectivity index (χ1) is 15.5. The van der Waals surface area contributed by atoms with E-state index in [9.17, 15) is 14.4 Å². The van der Waals surface area contributed by atoms with E-state index in [2.05, 4.69) is 15.4 Å². The number of amides is 3. The van der Waals surface area contributed by atoms with Crippen LogP contribution in [0.2, 0.25) is 0 Å². The second kappa shape index (κ2) is 7.60. The van der Waals surface area contributed by atoms with E-state index < -0.39 is 5.66 Å². The zero-order chi connectivity index (χ0) is 22.3. The minimum absolute atomic E-state index is 0.0453. The SMILES string of the molecule is CC12CCC(=O)N1c1ccccc1C(=O)N2CC(=O)Nc1ccccc1Cn1cncn1. The van der Waals surface area contributed by atoms with Crippen molar-refractivity contribution in [2.24, 2.45) is 0 Å². The number of fused-ring (bicyclic) bond motifs is 3. The van der Waals surface area contributed by atoms with Gasteiger partial charge in [0.2, 0.25) is 11.8 Å². The number of nitrogens with one attached hydrogen (secondary N) is 1. The summed E-state index contributed by atoms with van der Waals surface area (Å²) >= 11 is 0. The summed E-state index contributed by atoms with van der Waals surface area (Å²) in [6.07, 6.45) is 3.87. The van der Waals surface area contributed by atoms with Crippen LogP contribution in [0.3, 0.4) is 0 Å². The van der Waals surface area contributed by atoms with Crippen LogP contribution in [0.15, 0.2) is 61.2 Å². The van der Waals surface area contributed by atoms with Gasteiger partial charge in [-0.05, 0) is 37.1 Å². The maximum absolute atomic E-state index is 13.3. The Morgan fingerprint density at radius 3 is 2.72 bits per heavy atom. The first-order valence-electron chi connectivity index (χ1n) is 10.4. The van der Waals surface area contributed by atoms with Crippen LogP contribution in [0, 0.1) is 0 Å².